The van der Waals surface area contributed by atoms with Crippen molar-refractivity contribution in [2.45, 2.75) is 31.3 Å². The van der Waals surface area contributed by atoms with Gasteiger partial charge in [0, 0.05) is 31.5 Å². The first-order chi connectivity index (χ1) is 13.6. The first kappa shape index (κ1) is 24.6. The Morgan fingerprint density at radius 3 is 2.14 bits per heavy atom. The van der Waals surface area contributed by atoms with Gasteiger partial charge < -0.3 is 25.2 Å². The van der Waals surface area contributed by atoms with Crippen molar-refractivity contribution >= 4 is 23.7 Å². The van der Waals surface area contributed by atoms with E-state index in [4.69, 9.17) is 24.9 Å². The van der Waals surface area contributed by atoms with E-state index in [2.05, 4.69) is 60.6 Å². The number of aliphatic hydroxyl groups excluding tert-OH is 1. The molecule has 0 bridgehead atoms. The van der Waals surface area contributed by atoms with Crippen LogP contribution in [-0.4, -0.2) is 67.5 Å². The van der Waals surface area contributed by atoms with E-state index in [1.165, 1.54) is 5.56 Å². The molecular formula is C19H28N4O5S. The van der Waals surface area contributed by atoms with Gasteiger partial charge in [-0.25, -0.2) is 9.59 Å². The number of thioether (sulfide) groups is 1. The van der Waals surface area contributed by atoms with Crippen LogP contribution in [-0.2, 0) is 22.1 Å². The highest BCUT2D eigenvalue weighted by atomic mass is 32.2. The minimum atomic E-state index is -1.82. The lowest BCUT2D eigenvalue weighted by atomic mass is 9.87. The van der Waals surface area contributed by atoms with Crippen LogP contribution in [0.2, 0.25) is 0 Å². The molecule has 10 heteroatoms. The number of aromatic nitrogens is 3. The summed E-state index contributed by atoms with van der Waals surface area (Å²) in [5.74, 6) is -1.86. The topological polar surface area (TPSA) is 138 Å². The predicted molar refractivity (Wildman–Crippen MR) is 111 cm³/mol. The Balaban J connectivity index is 0.000000612. The van der Waals surface area contributed by atoms with Crippen LogP contribution in [0.15, 0.2) is 29.4 Å². The number of carboxylic acids is 2. The minimum absolute atomic E-state index is 0.154. The highest BCUT2D eigenvalue weighted by molar-refractivity contribution is 7.99. The number of aliphatic hydroxyl groups is 1. The number of carboxylic acid groups (broad SMARTS) is 2. The molecule has 9 nitrogen and oxygen atoms in total. The van der Waals surface area contributed by atoms with Crippen LogP contribution in [0, 0.1) is 0 Å². The molecule has 0 aliphatic carbocycles. The lowest BCUT2D eigenvalue weighted by Crippen LogP contribution is -2.20. The summed E-state index contributed by atoms with van der Waals surface area (Å²) in [5, 5.41) is 36.2. The fourth-order valence-corrected chi connectivity index (χ4v) is 3.04. The van der Waals surface area contributed by atoms with Crippen LogP contribution in [0.5, 0.6) is 0 Å². The number of rotatable bonds is 7. The number of hydrogen-bond donors (Lipinski definition) is 4. The van der Waals surface area contributed by atoms with E-state index in [1.54, 1.807) is 11.8 Å². The second-order valence-corrected chi connectivity index (χ2v) is 8.19. The van der Waals surface area contributed by atoms with Crippen molar-refractivity contribution in [2.24, 2.45) is 7.05 Å². The summed E-state index contributed by atoms with van der Waals surface area (Å²) >= 11 is 1.67. The lowest BCUT2D eigenvalue weighted by Gasteiger charge is -2.19. The quantitative estimate of drug-likeness (QED) is 0.297. The molecule has 2 rings (SSSR count). The van der Waals surface area contributed by atoms with Gasteiger partial charge >= 0.3 is 11.9 Å². The molecule has 0 saturated carbocycles. The Kier molecular flexibility index (Phi) is 9.79. The molecule has 0 amide bonds. The van der Waals surface area contributed by atoms with Crippen molar-refractivity contribution in [1.82, 2.24) is 20.1 Å². The first-order valence-electron chi connectivity index (χ1n) is 8.98. The van der Waals surface area contributed by atoms with E-state index >= 15 is 0 Å². The average molecular weight is 425 g/mol. The Morgan fingerprint density at radius 1 is 1.07 bits per heavy atom. The van der Waals surface area contributed by atoms with Crippen molar-refractivity contribution in [3.05, 3.63) is 29.8 Å². The SMILES string of the molecule is Cn1c(SCCNCCO)nnc1-c1ccc(C(C)(C)C)cc1.O=C(O)C(=O)O. The molecule has 4 N–H and O–H groups in total. The molecule has 1 aromatic carbocycles. The third kappa shape index (κ3) is 8.22. The zero-order chi connectivity index (χ0) is 22.0. The number of nitrogens with one attached hydrogen (secondary N) is 1. The van der Waals surface area contributed by atoms with Crippen LogP contribution in [0.1, 0.15) is 26.3 Å². The lowest BCUT2D eigenvalue weighted by molar-refractivity contribution is -0.159. The van der Waals surface area contributed by atoms with Crippen molar-refractivity contribution < 1.29 is 24.9 Å². The number of benzene rings is 1. The van der Waals surface area contributed by atoms with Crippen molar-refractivity contribution in [1.29, 1.82) is 0 Å². The van der Waals surface area contributed by atoms with E-state index in [-0.39, 0.29) is 12.0 Å². The molecule has 0 aliphatic heterocycles. The molecule has 0 saturated heterocycles. The van der Waals surface area contributed by atoms with E-state index in [0.717, 1.165) is 28.8 Å². The summed E-state index contributed by atoms with van der Waals surface area (Å²) < 4.78 is 2.03. The summed E-state index contributed by atoms with van der Waals surface area (Å²) in [4.78, 5) is 18.2. The summed E-state index contributed by atoms with van der Waals surface area (Å²) in [6.45, 7) is 8.28. The summed E-state index contributed by atoms with van der Waals surface area (Å²) in [5.41, 5.74) is 2.55. The maximum Gasteiger partial charge on any atom is 0.414 e. The molecule has 1 aromatic heterocycles. The van der Waals surface area contributed by atoms with Gasteiger partial charge in [0.2, 0.25) is 0 Å². The van der Waals surface area contributed by atoms with Gasteiger partial charge in [-0.05, 0) is 11.0 Å². The highest BCUT2D eigenvalue weighted by Gasteiger charge is 2.15. The summed E-state index contributed by atoms with van der Waals surface area (Å²) in [7, 11) is 2.00. The van der Waals surface area contributed by atoms with Crippen LogP contribution in [0.4, 0.5) is 0 Å². The molecule has 0 spiro atoms. The van der Waals surface area contributed by atoms with Crippen LogP contribution < -0.4 is 5.32 Å². The van der Waals surface area contributed by atoms with Gasteiger partial charge in [0.1, 0.15) is 0 Å². The second kappa shape index (κ2) is 11.5. The number of nitrogens with zero attached hydrogens (tertiary/aromatic N) is 3. The molecule has 1 heterocycles. The Bertz CT molecular complexity index is 788. The molecule has 0 fully saturated rings. The normalized spacial score (nSPS) is 10.9. The largest absolute Gasteiger partial charge is 0.473 e. The highest BCUT2D eigenvalue weighted by Crippen LogP contribution is 2.26. The molecule has 0 aliphatic rings. The third-order valence-electron chi connectivity index (χ3n) is 3.83. The molecule has 29 heavy (non-hydrogen) atoms. The summed E-state index contributed by atoms with van der Waals surface area (Å²) in [6.07, 6.45) is 0. The monoisotopic (exact) mass is 424 g/mol. The zero-order valence-electron chi connectivity index (χ0n) is 17.0. The van der Waals surface area contributed by atoms with Crippen LogP contribution >= 0.6 is 11.8 Å². The molecule has 160 valence electrons. The molecular weight excluding hydrogens is 396 g/mol. The number of carbonyl (C=O) groups is 2. The van der Waals surface area contributed by atoms with Gasteiger partial charge in [0.05, 0.1) is 6.61 Å². The van der Waals surface area contributed by atoms with E-state index < -0.39 is 11.9 Å². The first-order valence-corrected chi connectivity index (χ1v) is 9.97. The van der Waals surface area contributed by atoms with Crippen molar-refractivity contribution in [3.63, 3.8) is 0 Å². The predicted octanol–water partition coefficient (Wildman–Crippen LogP) is 1.61. The second-order valence-electron chi connectivity index (χ2n) is 7.12. The van der Waals surface area contributed by atoms with Crippen LogP contribution in [0.25, 0.3) is 11.4 Å². The van der Waals surface area contributed by atoms with Crippen molar-refractivity contribution in [2.75, 3.05) is 25.4 Å². The Labute approximate surface area is 174 Å². The minimum Gasteiger partial charge on any atom is -0.473 e. The molecule has 0 radical (unpaired) electrons. The van der Waals surface area contributed by atoms with E-state index in [0.29, 0.717) is 6.54 Å². The maximum absolute atomic E-state index is 9.10. The molecule has 0 unspecified atom stereocenters. The van der Waals surface area contributed by atoms with Gasteiger partial charge in [-0.1, -0.05) is 56.8 Å². The number of aliphatic carboxylic acids is 2. The van der Waals surface area contributed by atoms with Gasteiger partial charge in [-0.2, -0.15) is 0 Å². The standard InChI is InChI=1S/C17H26N4OS.C2H2O4/c1-17(2,3)14-7-5-13(6-8-14)15-19-20-16(21(15)4)23-12-10-18-9-11-22;3-1(4)2(5)6/h5-8,18,22H,9-12H2,1-4H3;(H,3,4)(H,5,6). The fraction of sp³-hybridized carbons (Fsp3) is 0.474. The molecule has 0 atom stereocenters. The van der Waals surface area contributed by atoms with Gasteiger partial charge in [-0.3, -0.25) is 0 Å². The van der Waals surface area contributed by atoms with Gasteiger partial charge in [0.25, 0.3) is 0 Å². The average Bonchev–Trinajstić information content (AvgIpc) is 3.02. The van der Waals surface area contributed by atoms with Crippen molar-refractivity contribution in [3.8, 4) is 11.4 Å². The van der Waals surface area contributed by atoms with E-state index in [1.807, 2.05) is 11.6 Å². The van der Waals surface area contributed by atoms with Crippen LogP contribution in [0.3, 0.4) is 0 Å². The van der Waals surface area contributed by atoms with Gasteiger partial charge in [0.15, 0.2) is 11.0 Å². The van der Waals surface area contributed by atoms with E-state index in [9.17, 15) is 0 Å². The summed E-state index contributed by atoms with van der Waals surface area (Å²) in [6, 6.07) is 8.55. The number of hydrogen-bond acceptors (Lipinski definition) is 7. The fourth-order valence-electron chi connectivity index (χ4n) is 2.23. The molecule has 2 aromatic rings. The smallest absolute Gasteiger partial charge is 0.414 e. The van der Waals surface area contributed by atoms with Gasteiger partial charge in [-0.15, -0.1) is 10.2 Å². The zero-order valence-corrected chi connectivity index (χ0v) is 17.9. The Morgan fingerprint density at radius 2 is 1.66 bits per heavy atom. The maximum atomic E-state index is 9.10. The Hall–Kier alpha value is -2.43. The third-order valence-corrected chi connectivity index (χ3v) is 4.85.